The number of aryl methyl sites for hydroxylation is 1. The molecule has 1 aromatic carbocycles. The summed E-state index contributed by atoms with van der Waals surface area (Å²) in [6.07, 6.45) is 2.06. The third kappa shape index (κ3) is 5.71. The maximum absolute atomic E-state index is 4.85. The third-order valence-corrected chi connectivity index (χ3v) is 4.81. The Morgan fingerprint density at radius 1 is 1.00 bits per heavy atom. The van der Waals surface area contributed by atoms with Gasteiger partial charge in [0.2, 0.25) is 0 Å². The fourth-order valence-corrected chi connectivity index (χ4v) is 3.87. The van der Waals surface area contributed by atoms with Gasteiger partial charge in [0.15, 0.2) is 0 Å². The Balaban J connectivity index is 3.36. The lowest BCUT2D eigenvalue weighted by Crippen LogP contribution is -2.26. The molecule has 0 N–H and O–H groups in total. The third-order valence-electron chi connectivity index (χ3n) is 4.46. The molecule has 0 bridgehead atoms. The van der Waals surface area contributed by atoms with E-state index in [1.54, 1.807) is 0 Å². The quantitative estimate of drug-likeness (QED) is 0.439. The zero-order valence-electron chi connectivity index (χ0n) is 16.7. The molecule has 1 heteroatoms. The highest BCUT2D eigenvalue weighted by atomic mass is 32.1. The zero-order valence-corrected chi connectivity index (χ0v) is 17.6. The lowest BCUT2D eigenvalue weighted by molar-refractivity contribution is 0.392. The summed E-state index contributed by atoms with van der Waals surface area (Å²) in [5, 5.41) is 0. The lowest BCUT2D eigenvalue weighted by Gasteiger charge is -2.35. The molecule has 1 aromatic rings. The first-order valence-corrected chi connectivity index (χ1v) is 9.09. The van der Waals surface area contributed by atoms with Gasteiger partial charge in [0.25, 0.3) is 0 Å². The highest BCUT2D eigenvalue weighted by Gasteiger charge is 2.31. The van der Waals surface area contributed by atoms with Crippen molar-refractivity contribution in [1.29, 1.82) is 0 Å². The van der Waals surface area contributed by atoms with Crippen LogP contribution in [0.15, 0.2) is 29.2 Å². The molecule has 0 aliphatic rings. The molecule has 23 heavy (non-hydrogen) atoms. The minimum Gasteiger partial charge on any atom is -0.143 e. The van der Waals surface area contributed by atoms with Gasteiger partial charge in [0.1, 0.15) is 0 Å². The predicted octanol–water partition coefficient (Wildman–Crippen LogP) is 7.14. The fourth-order valence-electron chi connectivity index (χ4n) is 3.22. The SMILES string of the molecule is C=C(CC(C)(C)c1c(S)cc(C)cc1CC(C)(C)C)C(C)(C)C. The van der Waals surface area contributed by atoms with E-state index in [0.29, 0.717) is 0 Å². The van der Waals surface area contributed by atoms with Crippen LogP contribution in [-0.2, 0) is 11.8 Å². The van der Waals surface area contributed by atoms with Crippen molar-refractivity contribution in [3.63, 3.8) is 0 Å². The van der Waals surface area contributed by atoms with Gasteiger partial charge in [-0.25, -0.2) is 0 Å². The molecular weight excluding hydrogens is 296 g/mol. The van der Waals surface area contributed by atoms with E-state index in [1.807, 2.05) is 0 Å². The second-order valence-corrected chi connectivity index (χ2v) is 10.5. The van der Waals surface area contributed by atoms with E-state index in [2.05, 4.69) is 81.0 Å². The highest BCUT2D eigenvalue weighted by Crippen LogP contribution is 2.42. The summed E-state index contributed by atoms with van der Waals surface area (Å²) in [4.78, 5) is 1.12. The lowest BCUT2D eigenvalue weighted by atomic mass is 9.70. The van der Waals surface area contributed by atoms with Crippen molar-refractivity contribution in [2.45, 2.75) is 85.5 Å². The highest BCUT2D eigenvalue weighted by molar-refractivity contribution is 7.80. The molecule has 0 spiro atoms. The maximum Gasteiger partial charge on any atom is 0.00830 e. The first-order chi connectivity index (χ1) is 10.1. The number of allylic oxidation sites excluding steroid dienone is 1. The molecule has 0 aliphatic carbocycles. The zero-order chi connectivity index (χ0) is 18.2. The van der Waals surface area contributed by atoms with Crippen LogP contribution in [0.1, 0.15) is 78.5 Å². The standard InChI is InChI=1S/C22H36S/c1-15-11-17(14-20(3,4)5)19(18(23)12-15)22(9,10)13-16(2)21(6,7)8/h11-12,23H,2,13-14H2,1,3-10H3. The molecule has 0 aromatic heterocycles. The summed E-state index contributed by atoms with van der Waals surface area (Å²) in [5.41, 5.74) is 5.88. The van der Waals surface area contributed by atoms with Gasteiger partial charge in [-0.1, -0.05) is 73.6 Å². The summed E-state index contributed by atoms with van der Waals surface area (Å²) in [7, 11) is 0. The number of benzene rings is 1. The summed E-state index contributed by atoms with van der Waals surface area (Å²) < 4.78 is 0. The largest absolute Gasteiger partial charge is 0.143 e. The Morgan fingerprint density at radius 2 is 1.52 bits per heavy atom. The molecule has 1 rings (SSSR count). The van der Waals surface area contributed by atoms with Gasteiger partial charge in [0, 0.05) is 4.90 Å². The molecule has 0 saturated carbocycles. The number of hydrogen-bond donors (Lipinski definition) is 1. The van der Waals surface area contributed by atoms with Crippen LogP contribution in [0.3, 0.4) is 0 Å². The minimum atomic E-state index is 0.0374. The van der Waals surface area contributed by atoms with Crippen LogP contribution in [0.5, 0.6) is 0 Å². The second-order valence-electron chi connectivity index (χ2n) is 9.97. The molecule has 0 unspecified atom stereocenters. The molecule has 0 aliphatic heterocycles. The smallest absolute Gasteiger partial charge is 0.00830 e. The second kappa shape index (κ2) is 6.67. The number of rotatable bonds is 4. The Kier molecular flexibility index (Phi) is 5.90. The van der Waals surface area contributed by atoms with Gasteiger partial charge in [-0.3, -0.25) is 0 Å². The van der Waals surface area contributed by atoms with Crippen molar-refractivity contribution in [1.82, 2.24) is 0 Å². The van der Waals surface area contributed by atoms with Crippen molar-refractivity contribution in [2.75, 3.05) is 0 Å². The molecular formula is C22H36S. The number of hydrogen-bond acceptors (Lipinski definition) is 1. The predicted molar refractivity (Wildman–Crippen MR) is 108 cm³/mol. The molecule has 0 amide bonds. The van der Waals surface area contributed by atoms with Gasteiger partial charge >= 0.3 is 0 Å². The van der Waals surface area contributed by atoms with E-state index in [-0.39, 0.29) is 16.2 Å². The van der Waals surface area contributed by atoms with E-state index in [0.717, 1.165) is 17.7 Å². The van der Waals surface area contributed by atoms with Crippen molar-refractivity contribution in [2.24, 2.45) is 10.8 Å². The molecule has 0 radical (unpaired) electrons. The van der Waals surface area contributed by atoms with Gasteiger partial charge in [0.05, 0.1) is 0 Å². The van der Waals surface area contributed by atoms with E-state index in [9.17, 15) is 0 Å². The average Bonchev–Trinajstić information content (AvgIpc) is 2.21. The Bertz CT molecular complexity index is 577. The van der Waals surface area contributed by atoms with Crippen molar-refractivity contribution >= 4 is 12.6 Å². The molecule has 0 fully saturated rings. The van der Waals surface area contributed by atoms with Crippen molar-refractivity contribution in [3.05, 3.63) is 41.0 Å². The molecule has 0 heterocycles. The topological polar surface area (TPSA) is 0 Å². The van der Waals surface area contributed by atoms with Crippen LogP contribution in [0.2, 0.25) is 0 Å². The fraction of sp³-hybridized carbons (Fsp3) is 0.636. The Hall–Kier alpha value is -0.690. The molecule has 0 nitrogen and oxygen atoms in total. The average molecular weight is 333 g/mol. The van der Waals surface area contributed by atoms with Crippen LogP contribution in [0, 0.1) is 17.8 Å². The van der Waals surface area contributed by atoms with E-state index in [1.165, 1.54) is 22.3 Å². The van der Waals surface area contributed by atoms with Gasteiger partial charge in [-0.2, -0.15) is 0 Å². The Morgan fingerprint density at radius 3 is 1.96 bits per heavy atom. The Labute approximate surface area is 150 Å². The van der Waals surface area contributed by atoms with Crippen LogP contribution >= 0.6 is 12.6 Å². The van der Waals surface area contributed by atoms with Crippen LogP contribution in [-0.4, -0.2) is 0 Å². The van der Waals surface area contributed by atoms with Gasteiger partial charge < -0.3 is 0 Å². The summed E-state index contributed by atoms with van der Waals surface area (Å²) in [6, 6.07) is 4.55. The van der Waals surface area contributed by atoms with Crippen molar-refractivity contribution in [3.8, 4) is 0 Å². The normalized spacial score (nSPS) is 13.3. The van der Waals surface area contributed by atoms with Gasteiger partial charge in [-0.15, -0.1) is 12.6 Å². The van der Waals surface area contributed by atoms with E-state index >= 15 is 0 Å². The maximum atomic E-state index is 4.85. The molecule has 130 valence electrons. The van der Waals surface area contributed by atoms with Crippen LogP contribution in [0.25, 0.3) is 0 Å². The summed E-state index contributed by atoms with van der Waals surface area (Å²) in [5.74, 6) is 0. The first-order valence-electron chi connectivity index (χ1n) is 8.65. The van der Waals surface area contributed by atoms with E-state index in [4.69, 9.17) is 12.6 Å². The first kappa shape index (κ1) is 20.4. The van der Waals surface area contributed by atoms with Crippen molar-refractivity contribution < 1.29 is 0 Å². The number of thiol groups is 1. The monoisotopic (exact) mass is 332 g/mol. The minimum absolute atomic E-state index is 0.0374. The summed E-state index contributed by atoms with van der Waals surface area (Å²) >= 11 is 4.85. The van der Waals surface area contributed by atoms with Crippen LogP contribution in [0.4, 0.5) is 0 Å². The van der Waals surface area contributed by atoms with E-state index < -0.39 is 0 Å². The molecule has 0 saturated heterocycles. The van der Waals surface area contributed by atoms with Gasteiger partial charge in [-0.05, 0) is 58.8 Å². The van der Waals surface area contributed by atoms with Crippen LogP contribution < -0.4 is 0 Å². The molecule has 0 atom stereocenters. The summed E-state index contributed by atoms with van der Waals surface area (Å²) in [6.45, 7) is 24.9.